The molecule has 1 N–H and O–H groups in total. The summed E-state index contributed by atoms with van der Waals surface area (Å²) in [5, 5.41) is 3.03. The molecule has 1 atom stereocenters. The first-order valence-corrected chi connectivity index (χ1v) is 7.27. The number of allylic oxidation sites excluding steroid dienone is 6. The van der Waals surface area contributed by atoms with Crippen molar-refractivity contribution in [3.8, 4) is 0 Å². The largest absolute Gasteiger partial charge is 0.379 e. The Morgan fingerprint density at radius 3 is 3.05 bits per heavy atom. The van der Waals surface area contributed by atoms with E-state index in [0.717, 1.165) is 44.0 Å². The topological polar surface area (TPSA) is 41.6 Å². The number of nitrogens with zero attached hydrogens (tertiary/aromatic N) is 1. The number of fused-ring (bicyclic) bond motifs is 3. The highest BCUT2D eigenvalue weighted by atomic mass is 16.5. The molecule has 0 aromatic rings. The number of carbonyl (C=O) groups excluding carboxylic acids is 1. The molecule has 4 nitrogen and oxygen atoms in total. The fourth-order valence-electron chi connectivity index (χ4n) is 3.10. The van der Waals surface area contributed by atoms with Crippen LogP contribution in [0.4, 0.5) is 0 Å². The third-order valence-electron chi connectivity index (χ3n) is 4.35. The monoisotopic (exact) mass is 270 g/mol. The normalized spacial score (nSPS) is 27.1. The Kier molecular flexibility index (Phi) is 2.86. The first kappa shape index (κ1) is 12.1. The average molecular weight is 270 g/mol. The second-order valence-electron chi connectivity index (χ2n) is 5.61. The lowest BCUT2D eigenvalue weighted by molar-refractivity contribution is -0.117. The molecule has 0 radical (unpaired) electrons. The van der Waals surface area contributed by atoms with Crippen molar-refractivity contribution in [2.24, 2.45) is 5.92 Å². The van der Waals surface area contributed by atoms with Gasteiger partial charge in [-0.15, -0.1) is 0 Å². The highest BCUT2D eigenvalue weighted by Crippen LogP contribution is 2.51. The number of amides is 1. The number of nitrogens with one attached hydrogen (secondary N) is 1. The lowest BCUT2D eigenvalue weighted by Crippen LogP contribution is -2.41. The molecule has 0 saturated carbocycles. The van der Waals surface area contributed by atoms with Gasteiger partial charge in [0, 0.05) is 37.7 Å². The van der Waals surface area contributed by atoms with Crippen molar-refractivity contribution in [2.45, 2.75) is 0 Å². The van der Waals surface area contributed by atoms with Crippen LogP contribution in [0, 0.1) is 5.92 Å². The van der Waals surface area contributed by atoms with E-state index in [9.17, 15) is 4.79 Å². The Morgan fingerprint density at radius 2 is 2.20 bits per heavy atom. The van der Waals surface area contributed by atoms with Crippen molar-refractivity contribution < 1.29 is 9.53 Å². The molecule has 1 fully saturated rings. The molecule has 1 unspecified atom stereocenters. The Labute approximate surface area is 118 Å². The Balaban J connectivity index is 1.29. The van der Waals surface area contributed by atoms with Crippen molar-refractivity contribution in [1.82, 2.24) is 10.2 Å². The zero-order valence-electron chi connectivity index (χ0n) is 11.4. The minimum Gasteiger partial charge on any atom is -0.379 e. The fraction of sp³-hybridized carbons (Fsp3) is 0.438. The van der Waals surface area contributed by atoms with Crippen LogP contribution >= 0.6 is 0 Å². The van der Waals surface area contributed by atoms with E-state index in [1.165, 1.54) is 11.1 Å². The van der Waals surface area contributed by atoms with Crippen LogP contribution in [-0.4, -0.2) is 50.2 Å². The minimum absolute atomic E-state index is 0.0534. The smallest absolute Gasteiger partial charge is 0.251 e. The maximum atomic E-state index is 12.2. The van der Waals surface area contributed by atoms with E-state index in [1.807, 2.05) is 6.08 Å². The second-order valence-corrected chi connectivity index (χ2v) is 5.61. The van der Waals surface area contributed by atoms with Crippen LogP contribution in [0.5, 0.6) is 0 Å². The van der Waals surface area contributed by atoms with Gasteiger partial charge in [-0.3, -0.25) is 9.69 Å². The molecule has 4 rings (SSSR count). The summed E-state index contributed by atoms with van der Waals surface area (Å²) in [6.07, 6.45) is 8.43. The molecule has 0 aromatic heterocycles. The van der Waals surface area contributed by atoms with Crippen LogP contribution in [-0.2, 0) is 9.53 Å². The number of rotatable bonds is 4. The van der Waals surface area contributed by atoms with E-state index in [4.69, 9.17) is 4.74 Å². The molecule has 3 aliphatic carbocycles. The summed E-state index contributed by atoms with van der Waals surface area (Å²) in [5.74, 6) is 0.567. The predicted molar refractivity (Wildman–Crippen MR) is 76.1 cm³/mol. The van der Waals surface area contributed by atoms with Gasteiger partial charge in [-0.1, -0.05) is 12.2 Å². The zero-order valence-corrected chi connectivity index (χ0v) is 11.4. The van der Waals surface area contributed by atoms with Crippen molar-refractivity contribution in [3.05, 3.63) is 46.6 Å². The standard InChI is InChI=1S/C16H18N2O2/c19-16(17-3-4-18-5-7-20-8-6-18)13-2-1-12-14-9-11(14)10-15(12)13/h1-2,9-10,14H,3-8H2,(H,17,19). The van der Waals surface area contributed by atoms with Gasteiger partial charge in [0.05, 0.1) is 13.2 Å². The SMILES string of the molecule is O=C(NCCN1CCOCC1)C1=CC=C2C1=CC1=CC12. The van der Waals surface area contributed by atoms with Gasteiger partial charge in [0.25, 0.3) is 5.91 Å². The van der Waals surface area contributed by atoms with E-state index in [2.05, 4.69) is 28.4 Å². The highest BCUT2D eigenvalue weighted by Gasteiger charge is 2.39. The molecule has 4 heteroatoms. The van der Waals surface area contributed by atoms with Crippen molar-refractivity contribution >= 4 is 5.91 Å². The number of hydrogen-bond donors (Lipinski definition) is 1. The number of ether oxygens (including phenoxy) is 1. The summed E-state index contributed by atoms with van der Waals surface area (Å²) >= 11 is 0. The first-order chi connectivity index (χ1) is 9.83. The molecular formula is C16H18N2O2. The average Bonchev–Trinajstić information content (AvgIpc) is 2.95. The van der Waals surface area contributed by atoms with E-state index >= 15 is 0 Å². The van der Waals surface area contributed by atoms with Crippen LogP contribution in [0.2, 0.25) is 0 Å². The zero-order chi connectivity index (χ0) is 13.5. The summed E-state index contributed by atoms with van der Waals surface area (Å²) in [6, 6.07) is 0. The molecule has 4 aliphatic rings. The van der Waals surface area contributed by atoms with Gasteiger partial charge < -0.3 is 10.1 Å². The van der Waals surface area contributed by atoms with Gasteiger partial charge >= 0.3 is 0 Å². The molecule has 0 spiro atoms. The third-order valence-corrected chi connectivity index (χ3v) is 4.35. The van der Waals surface area contributed by atoms with Crippen LogP contribution in [0.3, 0.4) is 0 Å². The van der Waals surface area contributed by atoms with E-state index in [-0.39, 0.29) is 5.91 Å². The maximum absolute atomic E-state index is 12.2. The van der Waals surface area contributed by atoms with Crippen molar-refractivity contribution in [2.75, 3.05) is 39.4 Å². The van der Waals surface area contributed by atoms with Crippen molar-refractivity contribution in [3.63, 3.8) is 0 Å². The van der Waals surface area contributed by atoms with Crippen LogP contribution in [0.25, 0.3) is 0 Å². The molecule has 1 amide bonds. The summed E-state index contributed by atoms with van der Waals surface area (Å²) in [6.45, 7) is 5.13. The first-order valence-electron chi connectivity index (χ1n) is 7.27. The number of hydrogen-bond acceptors (Lipinski definition) is 3. The number of carbonyl (C=O) groups is 1. The van der Waals surface area contributed by atoms with Crippen LogP contribution < -0.4 is 5.32 Å². The van der Waals surface area contributed by atoms with E-state index in [0.29, 0.717) is 12.5 Å². The maximum Gasteiger partial charge on any atom is 0.251 e. The van der Waals surface area contributed by atoms with Gasteiger partial charge in [0.15, 0.2) is 0 Å². The quantitative estimate of drug-likeness (QED) is 0.821. The van der Waals surface area contributed by atoms with E-state index in [1.54, 1.807) is 0 Å². The summed E-state index contributed by atoms with van der Waals surface area (Å²) < 4.78 is 5.31. The summed E-state index contributed by atoms with van der Waals surface area (Å²) in [4.78, 5) is 14.6. The Morgan fingerprint density at radius 1 is 1.35 bits per heavy atom. The van der Waals surface area contributed by atoms with Gasteiger partial charge in [-0.05, 0) is 28.9 Å². The third kappa shape index (κ3) is 2.05. The van der Waals surface area contributed by atoms with Crippen molar-refractivity contribution in [1.29, 1.82) is 0 Å². The minimum atomic E-state index is 0.0534. The van der Waals surface area contributed by atoms with E-state index < -0.39 is 0 Å². The molecular weight excluding hydrogens is 252 g/mol. The second kappa shape index (κ2) is 4.72. The van der Waals surface area contributed by atoms with Gasteiger partial charge in [-0.2, -0.15) is 0 Å². The predicted octanol–water partition coefficient (Wildman–Crippen LogP) is 0.797. The molecule has 20 heavy (non-hydrogen) atoms. The fourth-order valence-corrected chi connectivity index (χ4v) is 3.10. The molecule has 1 heterocycles. The van der Waals surface area contributed by atoms with Crippen LogP contribution in [0.15, 0.2) is 46.6 Å². The molecule has 1 saturated heterocycles. The van der Waals surface area contributed by atoms with Gasteiger partial charge in [0.2, 0.25) is 0 Å². The lowest BCUT2D eigenvalue weighted by Gasteiger charge is -2.26. The molecule has 0 aromatic carbocycles. The number of morpholine rings is 1. The summed E-state index contributed by atoms with van der Waals surface area (Å²) in [5.41, 5.74) is 4.64. The van der Waals surface area contributed by atoms with Gasteiger partial charge in [-0.25, -0.2) is 0 Å². The molecule has 1 aliphatic heterocycles. The Hall–Kier alpha value is -1.65. The molecule has 0 bridgehead atoms. The Bertz CT molecular complexity index is 577. The lowest BCUT2D eigenvalue weighted by atomic mass is 10.0. The highest BCUT2D eigenvalue weighted by molar-refractivity contribution is 6.02. The van der Waals surface area contributed by atoms with Gasteiger partial charge in [0.1, 0.15) is 0 Å². The molecule has 104 valence electrons. The van der Waals surface area contributed by atoms with Crippen LogP contribution in [0.1, 0.15) is 0 Å². The summed E-state index contributed by atoms with van der Waals surface area (Å²) in [7, 11) is 0.